The quantitative estimate of drug-likeness (QED) is 0.190. The van der Waals surface area contributed by atoms with Gasteiger partial charge >= 0.3 is 0 Å². The minimum atomic E-state index is 0.852. The summed E-state index contributed by atoms with van der Waals surface area (Å²) in [5, 5.41) is 6.76. The summed E-state index contributed by atoms with van der Waals surface area (Å²) in [5.74, 6) is 0. The van der Waals surface area contributed by atoms with Crippen LogP contribution in [-0.4, -0.2) is 0 Å². The first-order valence-electron chi connectivity index (χ1n) is 16.6. The van der Waals surface area contributed by atoms with Crippen molar-refractivity contribution in [3.05, 3.63) is 176 Å². The van der Waals surface area contributed by atoms with Gasteiger partial charge in [0.2, 0.25) is 0 Å². The number of nitrogens with zero attached hydrogens (tertiary/aromatic N) is 1. The van der Waals surface area contributed by atoms with Gasteiger partial charge in [0.25, 0.3) is 0 Å². The summed E-state index contributed by atoms with van der Waals surface area (Å²) < 4.78 is 12.9. The molecule has 2 heterocycles. The Morgan fingerprint density at radius 2 is 0.959 bits per heavy atom. The van der Waals surface area contributed by atoms with Gasteiger partial charge in [-0.25, -0.2) is 0 Å². The van der Waals surface area contributed by atoms with E-state index in [9.17, 15) is 0 Å². The summed E-state index contributed by atoms with van der Waals surface area (Å²) in [6.45, 7) is 0. The lowest BCUT2D eigenvalue weighted by Gasteiger charge is -2.26. The number of para-hydroxylation sites is 1. The Hall–Kier alpha value is -6.58. The Kier molecular flexibility index (Phi) is 6.18. The average Bonchev–Trinajstić information content (AvgIpc) is 3.72. The molecule has 0 aliphatic carbocycles. The van der Waals surface area contributed by atoms with Gasteiger partial charge in [0, 0.05) is 33.6 Å². The fraction of sp³-hybridized carbons (Fsp3) is 0. The maximum atomic E-state index is 6.55. The first kappa shape index (κ1) is 27.5. The van der Waals surface area contributed by atoms with Gasteiger partial charge in [-0.2, -0.15) is 0 Å². The topological polar surface area (TPSA) is 29.5 Å². The van der Waals surface area contributed by atoms with E-state index in [0.717, 1.165) is 66.5 Å². The molecule has 0 aliphatic heterocycles. The van der Waals surface area contributed by atoms with Gasteiger partial charge in [-0.1, -0.05) is 115 Å². The van der Waals surface area contributed by atoms with Crippen LogP contribution >= 0.6 is 0 Å². The molecule has 0 atom stereocenters. The highest BCUT2D eigenvalue weighted by Gasteiger charge is 2.21. The molecule has 0 bridgehead atoms. The van der Waals surface area contributed by atoms with Crippen LogP contribution in [0.3, 0.4) is 0 Å². The summed E-state index contributed by atoms with van der Waals surface area (Å²) in [5.41, 5.74) is 11.3. The van der Waals surface area contributed by atoms with E-state index >= 15 is 0 Å². The van der Waals surface area contributed by atoms with Gasteiger partial charge in [-0.15, -0.1) is 0 Å². The highest BCUT2D eigenvalue weighted by atomic mass is 16.3. The molecule has 0 fully saturated rings. The molecular formula is C46H29NO2. The number of fused-ring (bicyclic) bond motifs is 7. The van der Waals surface area contributed by atoms with Crippen LogP contribution in [-0.2, 0) is 0 Å². The second-order valence-corrected chi connectivity index (χ2v) is 12.5. The molecular weight excluding hydrogens is 599 g/mol. The van der Waals surface area contributed by atoms with Crippen molar-refractivity contribution in [1.82, 2.24) is 0 Å². The predicted molar refractivity (Wildman–Crippen MR) is 204 cm³/mol. The first-order chi connectivity index (χ1) is 24.3. The molecule has 10 rings (SSSR count). The van der Waals surface area contributed by atoms with Crippen LogP contribution in [0.25, 0.3) is 76.9 Å². The Bertz CT molecular complexity index is 2830. The number of benzene rings is 8. The second kappa shape index (κ2) is 11.0. The average molecular weight is 628 g/mol. The molecule has 0 N–H and O–H groups in total. The normalized spacial score (nSPS) is 11.7. The molecule has 3 nitrogen and oxygen atoms in total. The van der Waals surface area contributed by atoms with Crippen molar-refractivity contribution in [3.63, 3.8) is 0 Å². The minimum Gasteiger partial charge on any atom is -0.456 e. The third-order valence-electron chi connectivity index (χ3n) is 9.65. The van der Waals surface area contributed by atoms with Crippen molar-refractivity contribution >= 4 is 71.7 Å². The molecule has 0 amide bonds. The van der Waals surface area contributed by atoms with Crippen molar-refractivity contribution in [2.45, 2.75) is 0 Å². The monoisotopic (exact) mass is 627 g/mol. The Morgan fingerprint density at radius 3 is 1.78 bits per heavy atom. The number of rotatable bonds is 5. The Balaban J connectivity index is 1.17. The standard InChI is InChI=1S/C46H29NO2/c1-2-11-30(12-3-1)36-15-6-7-16-37(36)31-21-23-34(24-22-31)47(41-18-10-20-43-46(41)39-17-8-9-19-42(39)48-43)35-25-26-38-40-27-32-13-4-5-14-33(32)28-44(40)49-45(38)29-35/h1-29H. The van der Waals surface area contributed by atoms with Crippen molar-refractivity contribution in [1.29, 1.82) is 0 Å². The molecule has 0 spiro atoms. The molecule has 0 radical (unpaired) electrons. The number of furan rings is 2. The van der Waals surface area contributed by atoms with E-state index in [1.165, 1.54) is 27.5 Å². The van der Waals surface area contributed by atoms with Crippen LogP contribution in [0.1, 0.15) is 0 Å². The summed E-state index contributed by atoms with van der Waals surface area (Å²) in [6.07, 6.45) is 0. The maximum absolute atomic E-state index is 6.55. The number of hydrogen-bond acceptors (Lipinski definition) is 3. The van der Waals surface area contributed by atoms with E-state index in [0.29, 0.717) is 0 Å². The maximum Gasteiger partial charge on any atom is 0.137 e. The van der Waals surface area contributed by atoms with Gasteiger partial charge in [0.1, 0.15) is 22.3 Å². The third kappa shape index (κ3) is 4.51. The molecule has 0 saturated heterocycles. The zero-order valence-corrected chi connectivity index (χ0v) is 26.5. The van der Waals surface area contributed by atoms with Crippen LogP contribution in [0.5, 0.6) is 0 Å². The fourth-order valence-corrected chi connectivity index (χ4v) is 7.35. The van der Waals surface area contributed by atoms with Crippen LogP contribution < -0.4 is 4.90 Å². The molecule has 0 unspecified atom stereocenters. The molecule has 49 heavy (non-hydrogen) atoms. The van der Waals surface area contributed by atoms with Gasteiger partial charge in [0.15, 0.2) is 0 Å². The first-order valence-corrected chi connectivity index (χ1v) is 16.6. The summed E-state index contributed by atoms with van der Waals surface area (Å²) in [6, 6.07) is 62.0. The van der Waals surface area contributed by atoms with E-state index in [1.807, 2.05) is 18.2 Å². The van der Waals surface area contributed by atoms with Crippen LogP contribution in [0.4, 0.5) is 17.1 Å². The molecule has 230 valence electrons. The van der Waals surface area contributed by atoms with Crippen molar-refractivity contribution in [3.8, 4) is 22.3 Å². The van der Waals surface area contributed by atoms with E-state index in [1.54, 1.807) is 0 Å². The molecule has 3 heteroatoms. The Morgan fingerprint density at radius 1 is 0.347 bits per heavy atom. The van der Waals surface area contributed by atoms with Crippen molar-refractivity contribution < 1.29 is 8.83 Å². The van der Waals surface area contributed by atoms with Gasteiger partial charge in [-0.05, 0) is 87.6 Å². The van der Waals surface area contributed by atoms with Crippen molar-refractivity contribution in [2.75, 3.05) is 4.90 Å². The molecule has 10 aromatic rings. The molecule has 0 aliphatic rings. The highest BCUT2D eigenvalue weighted by molar-refractivity contribution is 6.14. The zero-order chi connectivity index (χ0) is 32.3. The lowest BCUT2D eigenvalue weighted by Crippen LogP contribution is -2.10. The molecule has 8 aromatic carbocycles. The van der Waals surface area contributed by atoms with E-state index < -0.39 is 0 Å². The van der Waals surface area contributed by atoms with Crippen LogP contribution in [0, 0.1) is 0 Å². The smallest absolute Gasteiger partial charge is 0.137 e. The summed E-state index contributed by atoms with van der Waals surface area (Å²) in [7, 11) is 0. The molecule has 0 saturated carbocycles. The van der Waals surface area contributed by atoms with Crippen LogP contribution in [0.2, 0.25) is 0 Å². The van der Waals surface area contributed by atoms with E-state index in [4.69, 9.17) is 8.83 Å². The van der Waals surface area contributed by atoms with Crippen LogP contribution in [0.15, 0.2) is 185 Å². The minimum absolute atomic E-state index is 0.852. The highest BCUT2D eigenvalue weighted by Crippen LogP contribution is 2.45. The number of anilines is 3. The summed E-state index contributed by atoms with van der Waals surface area (Å²) >= 11 is 0. The van der Waals surface area contributed by atoms with Gasteiger partial charge < -0.3 is 13.7 Å². The Labute approximate surface area is 282 Å². The van der Waals surface area contributed by atoms with Gasteiger partial charge in [-0.3, -0.25) is 0 Å². The van der Waals surface area contributed by atoms with Crippen molar-refractivity contribution in [2.24, 2.45) is 0 Å². The lowest BCUT2D eigenvalue weighted by atomic mass is 9.94. The zero-order valence-electron chi connectivity index (χ0n) is 26.5. The summed E-state index contributed by atoms with van der Waals surface area (Å²) in [4.78, 5) is 2.32. The molecule has 2 aromatic heterocycles. The lowest BCUT2D eigenvalue weighted by molar-refractivity contribution is 0.669. The SMILES string of the molecule is c1ccc(-c2ccccc2-c2ccc(N(c3ccc4c(c3)oc3cc5ccccc5cc34)c3cccc4oc5ccccc5c34)cc2)cc1. The van der Waals surface area contributed by atoms with E-state index in [2.05, 4.69) is 163 Å². The van der Waals surface area contributed by atoms with Gasteiger partial charge in [0.05, 0.1) is 11.1 Å². The fourth-order valence-electron chi connectivity index (χ4n) is 7.35. The second-order valence-electron chi connectivity index (χ2n) is 12.5. The predicted octanol–water partition coefficient (Wildman–Crippen LogP) is 13.4. The third-order valence-corrected chi connectivity index (χ3v) is 9.65. The van der Waals surface area contributed by atoms with E-state index in [-0.39, 0.29) is 0 Å². The number of hydrogen-bond donors (Lipinski definition) is 0. The largest absolute Gasteiger partial charge is 0.456 e.